The first kappa shape index (κ1) is 52.9. The zero-order valence-electron chi connectivity index (χ0n) is 40.3. The van der Waals surface area contributed by atoms with Crippen molar-refractivity contribution in [1.29, 1.82) is 0 Å². The number of nitrogens with zero attached hydrogens (tertiary/aromatic N) is 3. The van der Waals surface area contributed by atoms with Gasteiger partial charge in [0.05, 0.1) is 47.6 Å². The average Bonchev–Trinajstić information content (AvgIpc) is 3.21. The second-order valence-corrected chi connectivity index (χ2v) is 19.7. The molecule has 17 heteroatoms. The van der Waals surface area contributed by atoms with Crippen molar-refractivity contribution in [3.63, 3.8) is 0 Å². The van der Waals surface area contributed by atoms with Crippen molar-refractivity contribution in [2.75, 3.05) is 52.1 Å². The molecule has 1 aromatic carbocycles. The molecule has 0 saturated carbocycles. The SMILES string of the molecule is CC[C@H]1OC(=O)[C@H](C)[C@@H](O[C@H]2C[C@@](C)(OC)[C@@H](O)[C@H](C)O2)[C@H](C)[C@@H](O[C@@H]2O[C@H](C)CC(N(C)C(=O)Nc3ccc(N(C)C)cc3)[C@H]2O)[C@](C)(O)C[C@@H](C)CN(C)[C@H](C)[C@@H](O)[C@]1(C)O. The Hall–Kier alpha value is -2.68. The summed E-state index contributed by atoms with van der Waals surface area (Å²) in [6.07, 6.45) is -9.96. The number of esters is 1. The smallest absolute Gasteiger partial charge is 0.321 e. The molecule has 4 rings (SSSR count). The molecule has 362 valence electrons. The molecule has 1 aromatic rings. The fourth-order valence-corrected chi connectivity index (χ4v) is 9.81. The second kappa shape index (κ2) is 21.3. The molecule has 0 spiro atoms. The van der Waals surface area contributed by atoms with Crippen LogP contribution in [0.15, 0.2) is 24.3 Å². The summed E-state index contributed by atoms with van der Waals surface area (Å²) in [4.78, 5) is 33.3. The number of anilines is 2. The Balaban J connectivity index is 1.77. The zero-order chi connectivity index (χ0) is 47.5. The third-order valence-corrected chi connectivity index (χ3v) is 14.0. The Morgan fingerprint density at radius 2 is 1.56 bits per heavy atom. The molecule has 17 nitrogen and oxygen atoms in total. The molecule has 2 amide bonds. The van der Waals surface area contributed by atoms with Gasteiger partial charge in [0.1, 0.15) is 30.0 Å². The molecular formula is C46H80N4O13. The first-order valence-electron chi connectivity index (χ1n) is 22.6. The summed E-state index contributed by atoms with van der Waals surface area (Å²) in [7, 11) is 8.76. The third kappa shape index (κ3) is 12.2. The molecule has 3 heterocycles. The van der Waals surface area contributed by atoms with Crippen molar-refractivity contribution in [2.45, 2.75) is 185 Å². The van der Waals surface area contributed by atoms with E-state index in [1.165, 1.54) is 18.9 Å². The lowest BCUT2D eigenvalue weighted by atomic mass is 9.77. The van der Waals surface area contributed by atoms with Crippen LogP contribution in [-0.2, 0) is 33.2 Å². The quantitative estimate of drug-likeness (QED) is 0.196. The standard InChI is InChI=1S/C46H80N4O13/c1-16-34-46(10,57)38(52)29(6)49(13)24-25(2)22-44(8,56)40(27(4)37(28(5)41(54)61-34)62-35-23-45(9,58-15)39(53)30(7)60-35)63-42-36(51)33(21-26(3)59-42)50(14)43(55)47-31-17-19-32(20-18-31)48(11)12/h17-20,25-30,33-40,42,51-53,56-57H,16,21-24H2,1-15H3,(H,47,55)/t25-,26-,27+,28-,29-,30+,33?,34-,35+,36-,37+,38-,39+,40-,42+,44-,45-,46-/m1/s1. The van der Waals surface area contributed by atoms with Crippen LogP contribution in [0.25, 0.3) is 0 Å². The lowest BCUT2D eigenvalue weighted by Gasteiger charge is -2.49. The third-order valence-electron chi connectivity index (χ3n) is 14.0. The number of aliphatic hydroxyl groups excluding tert-OH is 3. The Kier molecular flexibility index (Phi) is 17.9. The number of methoxy groups -OCH3 is 1. The summed E-state index contributed by atoms with van der Waals surface area (Å²) in [6.45, 7) is 17.6. The number of hydrogen-bond donors (Lipinski definition) is 6. The van der Waals surface area contributed by atoms with Crippen molar-refractivity contribution < 1.29 is 63.5 Å². The Labute approximate surface area is 375 Å². The van der Waals surface area contributed by atoms with Crippen LogP contribution in [0, 0.1) is 17.8 Å². The fourth-order valence-electron chi connectivity index (χ4n) is 9.81. The molecular weight excluding hydrogens is 817 g/mol. The van der Waals surface area contributed by atoms with Crippen LogP contribution in [-0.4, -0.2) is 179 Å². The molecule has 3 fully saturated rings. The van der Waals surface area contributed by atoms with E-state index in [1.54, 1.807) is 67.6 Å². The Morgan fingerprint density at radius 1 is 0.937 bits per heavy atom. The monoisotopic (exact) mass is 897 g/mol. The predicted octanol–water partition coefficient (Wildman–Crippen LogP) is 3.57. The van der Waals surface area contributed by atoms with E-state index in [9.17, 15) is 35.1 Å². The molecule has 3 aliphatic heterocycles. The van der Waals surface area contributed by atoms with Crippen molar-refractivity contribution in [1.82, 2.24) is 9.80 Å². The number of ether oxygens (including phenoxy) is 6. The van der Waals surface area contributed by atoms with Crippen LogP contribution in [0.3, 0.4) is 0 Å². The summed E-state index contributed by atoms with van der Waals surface area (Å²) >= 11 is 0. The summed E-state index contributed by atoms with van der Waals surface area (Å²) in [5.74, 6) is -2.91. The van der Waals surface area contributed by atoms with E-state index in [2.05, 4.69) is 5.32 Å². The van der Waals surface area contributed by atoms with Gasteiger partial charge in [-0.05, 0) is 105 Å². The first-order chi connectivity index (χ1) is 29.2. The molecule has 18 atom stereocenters. The largest absolute Gasteiger partial charge is 0.459 e. The van der Waals surface area contributed by atoms with Gasteiger partial charge in [0.25, 0.3) is 0 Å². The van der Waals surface area contributed by atoms with Crippen molar-refractivity contribution in [3.8, 4) is 0 Å². The van der Waals surface area contributed by atoms with Crippen LogP contribution >= 0.6 is 0 Å². The van der Waals surface area contributed by atoms with Gasteiger partial charge in [-0.3, -0.25) is 4.79 Å². The molecule has 3 aliphatic rings. The van der Waals surface area contributed by atoms with Crippen LogP contribution in [0.1, 0.15) is 94.9 Å². The van der Waals surface area contributed by atoms with Gasteiger partial charge >= 0.3 is 12.0 Å². The van der Waals surface area contributed by atoms with Crippen LogP contribution in [0.5, 0.6) is 0 Å². The lowest BCUT2D eigenvalue weighted by molar-refractivity contribution is -0.317. The number of aliphatic hydroxyl groups is 5. The number of rotatable bonds is 9. The normalized spacial score (nSPS) is 42.7. The molecule has 1 unspecified atom stereocenters. The van der Waals surface area contributed by atoms with Gasteiger partial charge in [0.2, 0.25) is 0 Å². The number of carbonyl (C=O) groups excluding carboxylic acids is 2. The van der Waals surface area contributed by atoms with Crippen molar-refractivity contribution in [2.24, 2.45) is 17.8 Å². The molecule has 0 aromatic heterocycles. The van der Waals surface area contributed by atoms with E-state index < -0.39 is 114 Å². The van der Waals surface area contributed by atoms with Gasteiger partial charge in [-0.2, -0.15) is 0 Å². The summed E-state index contributed by atoms with van der Waals surface area (Å²) in [6, 6.07) is 5.57. The highest BCUT2D eigenvalue weighted by molar-refractivity contribution is 5.89. The van der Waals surface area contributed by atoms with E-state index in [1.807, 2.05) is 56.9 Å². The Morgan fingerprint density at radius 3 is 2.13 bits per heavy atom. The molecule has 6 N–H and O–H groups in total. The number of carbonyl (C=O) groups is 2. The minimum Gasteiger partial charge on any atom is -0.459 e. The van der Waals surface area contributed by atoms with Gasteiger partial charge in [0, 0.05) is 64.6 Å². The maximum absolute atomic E-state index is 14.4. The minimum atomic E-state index is -1.85. The predicted molar refractivity (Wildman–Crippen MR) is 238 cm³/mol. The maximum Gasteiger partial charge on any atom is 0.321 e. The summed E-state index contributed by atoms with van der Waals surface area (Å²) in [5, 5.41) is 62.1. The number of cyclic esters (lactones) is 1. The van der Waals surface area contributed by atoms with Gasteiger partial charge in [-0.25, -0.2) is 4.79 Å². The highest BCUT2D eigenvalue weighted by Gasteiger charge is 2.53. The van der Waals surface area contributed by atoms with Crippen LogP contribution in [0.2, 0.25) is 0 Å². The lowest BCUT2D eigenvalue weighted by Crippen LogP contribution is -2.61. The minimum absolute atomic E-state index is 0.0828. The molecule has 0 radical (unpaired) electrons. The number of nitrogens with one attached hydrogen (secondary N) is 1. The van der Waals surface area contributed by atoms with Gasteiger partial charge in [0.15, 0.2) is 12.6 Å². The number of urea groups is 1. The number of likely N-dealkylation sites (N-methyl/N-ethyl adjacent to an activating group) is 2. The van der Waals surface area contributed by atoms with Crippen LogP contribution in [0.4, 0.5) is 16.2 Å². The van der Waals surface area contributed by atoms with Crippen LogP contribution < -0.4 is 10.2 Å². The van der Waals surface area contributed by atoms with E-state index in [4.69, 9.17) is 28.4 Å². The first-order valence-corrected chi connectivity index (χ1v) is 22.6. The van der Waals surface area contributed by atoms with E-state index >= 15 is 0 Å². The zero-order valence-corrected chi connectivity index (χ0v) is 40.3. The summed E-state index contributed by atoms with van der Waals surface area (Å²) in [5.41, 5.74) is -3.05. The number of benzene rings is 1. The molecule has 0 aliphatic carbocycles. The topological polar surface area (TPSA) is 212 Å². The highest BCUT2D eigenvalue weighted by Crippen LogP contribution is 2.40. The number of amides is 2. The second-order valence-electron chi connectivity index (χ2n) is 19.7. The van der Waals surface area contributed by atoms with E-state index in [-0.39, 0.29) is 31.6 Å². The number of hydrogen-bond acceptors (Lipinski definition) is 15. The summed E-state index contributed by atoms with van der Waals surface area (Å²) < 4.78 is 37.9. The molecule has 63 heavy (non-hydrogen) atoms. The van der Waals surface area contributed by atoms with Crippen molar-refractivity contribution in [3.05, 3.63) is 24.3 Å². The van der Waals surface area contributed by atoms with Gasteiger partial charge in [-0.15, -0.1) is 0 Å². The van der Waals surface area contributed by atoms with E-state index in [0.717, 1.165) is 5.69 Å². The van der Waals surface area contributed by atoms with Gasteiger partial charge < -0.3 is 74.0 Å². The maximum atomic E-state index is 14.4. The molecule has 3 saturated heterocycles. The van der Waals surface area contributed by atoms with Gasteiger partial charge in [-0.1, -0.05) is 20.8 Å². The van der Waals surface area contributed by atoms with E-state index in [0.29, 0.717) is 12.2 Å². The molecule has 0 bridgehead atoms. The highest BCUT2D eigenvalue weighted by atomic mass is 16.7. The van der Waals surface area contributed by atoms with Crippen molar-refractivity contribution >= 4 is 23.4 Å². The Bertz CT molecular complexity index is 1640. The average molecular weight is 897 g/mol. The fraction of sp³-hybridized carbons (Fsp3) is 0.826.